The Kier molecular flexibility index (Phi) is 5.01. The van der Waals surface area contributed by atoms with Gasteiger partial charge >= 0.3 is 0 Å². The molecule has 2 atom stereocenters. The molecule has 1 aromatic carbocycles. The van der Waals surface area contributed by atoms with Crippen molar-refractivity contribution in [1.29, 1.82) is 0 Å². The third-order valence-corrected chi connectivity index (χ3v) is 5.27. The van der Waals surface area contributed by atoms with E-state index in [4.69, 9.17) is 0 Å². The highest BCUT2D eigenvalue weighted by atomic mass is 15.3. The molecule has 3 heteroatoms. The van der Waals surface area contributed by atoms with Crippen LogP contribution in [0, 0.1) is 18.8 Å². The number of aliphatic imine (C=N–C) groups is 1. The second kappa shape index (κ2) is 7.17. The summed E-state index contributed by atoms with van der Waals surface area (Å²) in [5.74, 6) is 2.91. The highest BCUT2D eigenvalue weighted by molar-refractivity contribution is 5.80. The summed E-state index contributed by atoms with van der Waals surface area (Å²) in [5.41, 5.74) is 2.74. The number of nitrogens with one attached hydrogen (secondary N) is 1. The van der Waals surface area contributed by atoms with Crippen LogP contribution >= 0.6 is 0 Å². The van der Waals surface area contributed by atoms with E-state index in [2.05, 4.69) is 46.4 Å². The van der Waals surface area contributed by atoms with Crippen molar-refractivity contribution in [3.8, 4) is 0 Å². The Morgan fingerprint density at radius 3 is 2.59 bits per heavy atom. The number of benzene rings is 1. The lowest BCUT2D eigenvalue weighted by Gasteiger charge is -2.22. The lowest BCUT2D eigenvalue weighted by molar-refractivity contribution is 0.299. The maximum absolute atomic E-state index is 4.51. The summed E-state index contributed by atoms with van der Waals surface area (Å²) in [6.45, 7) is 5.52. The molecule has 22 heavy (non-hydrogen) atoms. The number of hydrogen-bond acceptors (Lipinski definition) is 1. The van der Waals surface area contributed by atoms with Gasteiger partial charge in [-0.2, -0.15) is 0 Å². The summed E-state index contributed by atoms with van der Waals surface area (Å²) in [6.07, 6.45) is 6.74. The molecular formula is C19H29N3. The van der Waals surface area contributed by atoms with Crippen molar-refractivity contribution in [3.63, 3.8) is 0 Å². The van der Waals surface area contributed by atoms with Gasteiger partial charge < -0.3 is 10.2 Å². The van der Waals surface area contributed by atoms with E-state index in [0.717, 1.165) is 30.8 Å². The third kappa shape index (κ3) is 3.63. The maximum atomic E-state index is 4.51. The molecule has 120 valence electrons. The van der Waals surface area contributed by atoms with Crippen LogP contribution in [0.2, 0.25) is 0 Å². The zero-order chi connectivity index (χ0) is 15.4. The maximum Gasteiger partial charge on any atom is 0.193 e. The number of aryl methyl sites for hydroxylation is 1. The van der Waals surface area contributed by atoms with Crippen LogP contribution in [0.15, 0.2) is 29.3 Å². The molecule has 3 nitrogen and oxygen atoms in total. The average molecular weight is 299 g/mol. The van der Waals surface area contributed by atoms with E-state index in [1.54, 1.807) is 0 Å². The van der Waals surface area contributed by atoms with Crippen LogP contribution in [-0.4, -0.2) is 37.5 Å². The van der Waals surface area contributed by atoms with Gasteiger partial charge in [0.2, 0.25) is 0 Å². The number of hydrogen-bond donors (Lipinski definition) is 1. The van der Waals surface area contributed by atoms with Crippen LogP contribution in [0.3, 0.4) is 0 Å². The lowest BCUT2D eigenvalue weighted by Crippen LogP contribution is -2.41. The van der Waals surface area contributed by atoms with Gasteiger partial charge in [-0.05, 0) is 43.6 Å². The molecule has 0 amide bonds. The standard InChI is InChI=1S/C19H29N3/c1-15-6-5-7-16(12-15)10-11-21-19(20-2)22-13-17-8-3-4-9-18(17)14-22/h5-7,12,17-18H,3-4,8-11,13-14H2,1-2H3,(H,20,21). The monoisotopic (exact) mass is 299 g/mol. The molecule has 1 saturated heterocycles. The Hall–Kier alpha value is -1.51. The van der Waals surface area contributed by atoms with E-state index in [0.29, 0.717) is 0 Å². The SMILES string of the molecule is CN=C(NCCc1cccc(C)c1)N1CC2CCCCC2C1. The van der Waals surface area contributed by atoms with Gasteiger partial charge in [-0.3, -0.25) is 4.99 Å². The van der Waals surface area contributed by atoms with Crippen LogP contribution in [0.5, 0.6) is 0 Å². The summed E-state index contributed by atoms with van der Waals surface area (Å²) in [4.78, 5) is 6.99. The molecule has 2 unspecified atom stereocenters. The molecular weight excluding hydrogens is 270 g/mol. The van der Waals surface area contributed by atoms with E-state index in [1.807, 2.05) is 7.05 Å². The molecule has 1 aliphatic heterocycles. The molecule has 1 aliphatic carbocycles. The zero-order valence-corrected chi connectivity index (χ0v) is 14.0. The Labute approximate surface area is 134 Å². The first-order valence-electron chi connectivity index (χ1n) is 8.77. The van der Waals surface area contributed by atoms with Gasteiger partial charge in [0.1, 0.15) is 0 Å². The largest absolute Gasteiger partial charge is 0.356 e. The molecule has 0 spiro atoms. The molecule has 2 fully saturated rings. The van der Waals surface area contributed by atoms with Crippen molar-refractivity contribution in [2.45, 2.75) is 39.0 Å². The van der Waals surface area contributed by atoms with Crippen molar-refractivity contribution < 1.29 is 0 Å². The molecule has 3 rings (SSSR count). The van der Waals surface area contributed by atoms with Gasteiger partial charge in [-0.15, -0.1) is 0 Å². The fourth-order valence-electron chi connectivity index (χ4n) is 4.10. The zero-order valence-electron chi connectivity index (χ0n) is 14.0. The molecule has 0 radical (unpaired) electrons. The van der Waals surface area contributed by atoms with E-state index < -0.39 is 0 Å². The average Bonchev–Trinajstić information content (AvgIpc) is 2.95. The molecule has 2 aliphatic rings. The smallest absolute Gasteiger partial charge is 0.193 e. The van der Waals surface area contributed by atoms with Gasteiger partial charge in [-0.1, -0.05) is 42.7 Å². The normalized spacial score (nSPS) is 25.2. The minimum absolute atomic E-state index is 0.907. The highest BCUT2D eigenvalue weighted by Crippen LogP contribution is 2.35. The first kappa shape index (κ1) is 15.4. The highest BCUT2D eigenvalue weighted by Gasteiger charge is 2.35. The van der Waals surface area contributed by atoms with Gasteiger partial charge in [-0.25, -0.2) is 0 Å². The quantitative estimate of drug-likeness (QED) is 0.685. The minimum Gasteiger partial charge on any atom is -0.356 e. The van der Waals surface area contributed by atoms with E-state index in [1.165, 1.54) is 49.9 Å². The van der Waals surface area contributed by atoms with Crippen molar-refractivity contribution in [2.24, 2.45) is 16.8 Å². The van der Waals surface area contributed by atoms with Crippen LogP contribution < -0.4 is 5.32 Å². The minimum atomic E-state index is 0.907. The molecule has 0 aromatic heterocycles. The van der Waals surface area contributed by atoms with E-state index in [9.17, 15) is 0 Å². The Bertz CT molecular complexity index is 509. The molecule has 1 N–H and O–H groups in total. The van der Waals surface area contributed by atoms with Gasteiger partial charge in [0.15, 0.2) is 5.96 Å². The summed E-state index contributed by atoms with van der Waals surface area (Å²) < 4.78 is 0. The molecule has 0 bridgehead atoms. The summed E-state index contributed by atoms with van der Waals surface area (Å²) in [7, 11) is 1.91. The van der Waals surface area contributed by atoms with Crippen molar-refractivity contribution in [3.05, 3.63) is 35.4 Å². The van der Waals surface area contributed by atoms with Crippen LogP contribution in [-0.2, 0) is 6.42 Å². The topological polar surface area (TPSA) is 27.6 Å². The van der Waals surface area contributed by atoms with Crippen molar-refractivity contribution in [1.82, 2.24) is 10.2 Å². The number of nitrogens with zero attached hydrogens (tertiary/aromatic N) is 2. The van der Waals surface area contributed by atoms with Crippen molar-refractivity contribution >= 4 is 5.96 Å². The Morgan fingerprint density at radius 2 is 1.95 bits per heavy atom. The number of rotatable bonds is 3. The summed E-state index contributed by atoms with van der Waals surface area (Å²) in [5, 5.41) is 3.56. The van der Waals surface area contributed by atoms with E-state index in [-0.39, 0.29) is 0 Å². The van der Waals surface area contributed by atoms with Gasteiger partial charge in [0.25, 0.3) is 0 Å². The Balaban J connectivity index is 1.50. The number of guanidine groups is 1. The molecule has 1 heterocycles. The molecule has 1 aromatic rings. The van der Waals surface area contributed by atoms with Gasteiger partial charge in [0.05, 0.1) is 0 Å². The predicted octanol–water partition coefficient (Wildman–Crippen LogP) is 3.23. The fourth-order valence-corrected chi connectivity index (χ4v) is 4.10. The first-order valence-corrected chi connectivity index (χ1v) is 8.77. The van der Waals surface area contributed by atoms with E-state index >= 15 is 0 Å². The fraction of sp³-hybridized carbons (Fsp3) is 0.632. The van der Waals surface area contributed by atoms with Crippen molar-refractivity contribution in [2.75, 3.05) is 26.7 Å². The number of likely N-dealkylation sites (tertiary alicyclic amines) is 1. The summed E-state index contributed by atoms with van der Waals surface area (Å²) >= 11 is 0. The van der Waals surface area contributed by atoms with Crippen LogP contribution in [0.4, 0.5) is 0 Å². The van der Waals surface area contributed by atoms with Crippen LogP contribution in [0.25, 0.3) is 0 Å². The predicted molar refractivity (Wildman–Crippen MR) is 93.3 cm³/mol. The number of fused-ring (bicyclic) bond motifs is 1. The van der Waals surface area contributed by atoms with Gasteiger partial charge in [0, 0.05) is 26.7 Å². The lowest BCUT2D eigenvalue weighted by atomic mass is 9.82. The summed E-state index contributed by atoms with van der Waals surface area (Å²) in [6, 6.07) is 8.78. The third-order valence-electron chi connectivity index (χ3n) is 5.27. The Morgan fingerprint density at radius 1 is 1.23 bits per heavy atom. The first-order chi connectivity index (χ1) is 10.8. The molecule has 1 saturated carbocycles. The second-order valence-electron chi connectivity index (χ2n) is 6.92. The van der Waals surface area contributed by atoms with Crippen LogP contribution in [0.1, 0.15) is 36.8 Å². The second-order valence-corrected chi connectivity index (χ2v) is 6.92.